The molecule has 0 atom stereocenters. The molecular formula is C15H13BrN2O2. The van der Waals surface area contributed by atoms with Crippen LogP contribution in [-0.4, -0.2) is 23.6 Å². The molecule has 20 heavy (non-hydrogen) atoms. The van der Waals surface area contributed by atoms with Gasteiger partial charge in [0.25, 0.3) is 0 Å². The summed E-state index contributed by atoms with van der Waals surface area (Å²) in [6.45, 7) is 0. The highest BCUT2D eigenvalue weighted by Crippen LogP contribution is 2.37. The van der Waals surface area contributed by atoms with Crippen molar-refractivity contribution >= 4 is 21.4 Å². The number of hydrogen-bond donors (Lipinski definition) is 0. The molecule has 0 fully saturated rings. The van der Waals surface area contributed by atoms with Gasteiger partial charge in [0.2, 0.25) is 0 Å². The van der Waals surface area contributed by atoms with E-state index >= 15 is 0 Å². The molecule has 0 aliphatic rings. The molecule has 0 unspecified atom stereocenters. The van der Waals surface area contributed by atoms with Crippen molar-refractivity contribution in [2.24, 2.45) is 0 Å². The van der Waals surface area contributed by atoms with Crippen LogP contribution in [0.25, 0.3) is 16.9 Å². The molecule has 0 saturated heterocycles. The van der Waals surface area contributed by atoms with Gasteiger partial charge in [0.1, 0.15) is 17.1 Å². The zero-order valence-corrected chi connectivity index (χ0v) is 12.7. The fourth-order valence-corrected chi connectivity index (χ4v) is 2.56. The molecule has 4 nitrogen and oxygen atoms in total. The average Bonchev–Trinajstić information content (AvgIpc) is 2.88. The Kier molecular flexibility index (Phi) is 3.36. The van der Waals surface area contributed by atoms with Gasteiger partial charge in [-0.15, -0.1) is 0 Å². The lowest BCUT2D eigenvalue weighted by Crippen LogP contribution is -1.96. The van der Waals surface area contributed by atoms with Gasteiger partial charge in [-0.25, -0.2) is 4.98 Å². The third-order valence-corrected chi connectivity index (χ3v) is 3.61. The first-order valence-electron chi connectivity index (χ1n) is 6.08. The average molecular weight is 333 g/mol. The Morgan fingerprint density at radius 2 is 1.75 bits per heavy atom. The Hall–Kier alpha value is -2.01. The van der Waals surface area contributed by atoms with E-state index < -0.39 is 0 Å². The van der Waals surface area contributed by atoms with Crippen LogP contribution in [0.2, 0.25) is 0 Å². The number of rotatable bonds is 3. The molecule has 0 aliphatic carbocycles. The maximum atomic E-state index is 5.45. The minimum Gasteiger partial charge on any atom is -0.496 e. The second-order valence-corrected chi connectivity index (χ2v) is 5.18. The van der Waals surface area contributed by atoms with E-state index in [1.165, 1.54) is 0 Å². The first kappa shape index (κ1) is 13.0. The minimum atomic E-state index is 0.733. The van der Waals surface area contributed by atoms with E-state index in [9.17, 15) is 0 Å². The molecule has 0 spiro atoms. The second-order valence-electron chi connectivity index (χ2n) is 4.26. The van der Waals surface area contributed by atoms with Gasteiger partial charge < -0.3 is 9.47 Å². The van der Waals surface area contributed by atoms with Crippen molar-refractivity contribution in [2.45, 2.75) is 0 Å². The summed E-state index contributed by atoms with van der Waals surface area (Å²) in [4.78, 5) is 4.51. The Balaban J connectivity index is 2.33. The first-order valence-corrected chi connectivity index (χ1v) is 6.88. The van der Waals surface area contributed by atoms with Gasteiger partial charge in [-0.3, -0.25) is 4.40 Å². The van der Waals surface area contributed by atoms with Gasteiger partial charge in [0.15, 0.2) is 5.82 Å². The van der Waals surface area contributed by atoms with Crippen molar-refractivity contribution in [3.8, 4) is 22.9 Å². The molecule has 0 N–H and O–H groups in total. The van der Waals surface area contributed by atoms with E-state index in [0.29, 0.717) is 0 Å². The smallest absolute Gasteiger partial charge is 0.152 e. The second kappa shape index (κ2) is 5.17. The number of fused-ring (bicyclic) bond motifs is 1. The Bertz CT molecular complexity index is 745. The number of pyridine rings is 1. The summed E-state index contributed by atoms with van der Waals surface area (Å²) in [6.07, 6.45) is 3.80. The van der Waals surface area contributed by atoms with E-state index in [0.717, 1.165) is 32.9 Å². The Morgan fingerprint density at radius 1 is 1.05 bits per heavy atom. The van der Waals surface area contributed by atoms with Crippen molar-refractivity contribution in [3.05, 3.63) is 47.2 Å². The zero-order chi connectivity index (χ0) is 14.1. The van der Waals surface area contributed by atoms with Crippen LogP contribution in [0.1, 0.15) is 0 Å². The van der Waals surface area contributed by atoms with Crippen LogP contribution < -0.4 is 9.47 Å². The Labute approximate surface area is 125 Å². The third kappa shape index (κ3) is 2.04. The SMILES string of the molecule is COc1cccc(OC)c1-c1ncc2ccc(Br)cn12. The number of ether oxygens (including phenoxy) is 2. The lowest BCUT2D eigenvalue weighted by Gasteiger charge is -2.12. The number of benzene rings is 1. The first-order chi connectivity index (χ1) is 9.74. The lowest BCUT2D eigenvalue weighted by molar-refractivity contribution is 0.397. The van der Waals surface area contributed by atoms with E-state index in [2.05, 4.69) is 20.9 Å². The van der Waals surface area contributed by atoms with Gasteiger partial charge >= 0.3 is 0 Å². The van der Waals surface area contributed by atoms with Gasteiger partial charge in [-0.2, -0.15) is 0 Å². The summed E-state index contributed by atoms with van der Waals surface area (Å²) in [5.41, 5.74) is 1.85. The molecule has 0 radical (unpaired) electrons. The third-order valence-electron chi connectivity index (χ3n) is 3.14. The summed E-state index contributed by atoms with van der Waals surface area (Å²) in [5, 5.41) is 0. The van der Waals surface area contributed by atoms with Crippen LogP contribution in [-0.2, 0) is 0 Å². The summed E-state index contributed by atoms with van der Waals surface area (Å²) in [6, 6.07) is 9.68. The highest BCUT2D eigenvalue weighted by Gasteiger charge is 2.17. The zero-order valence-electron chi connectivity index (χ0n) is 11.1. The highest BCUT2D eigenvalue weighted by molar-refractivity contribution is 9.10. The molecule has 2 heterocycles. The summed E-state index contributed by atoms with van der Waals surface area (Å²) in [7, 11) is 3.29. The molecule has 3 rings (SSSR count). The maximum Gasteiger partial charge on any atom is 0.152 e. The van der Waals surface area contributed by atoms with Crippen molar-refractivity contribution < 1.29 is 9.47 Å². The molecule has 0 aliphatic heterocycles. The predicted octanol–water partition coefficient (Wildman–Crippen LogP) is 3.78. The number of halogens is 1. The molecule has 0 bridgehead atoms. The summed E-state index contributed by atoms with van der Waals surface area (Å²) < 4.78 is 13.9. The fourth-order valence-electron chi connectivity index (χ4n) is 2.22. The molecule has 1 aromatic carbocycles. The topological polar surface area (TPSA) is 35.8 Å². The number of aromatic nitrogens is 2. The van der Waals surface area contributed by atoms with E-state index in [1.54, 1.807) is 14.2 Å². The highest BCUT2D eigenvalue weighted by atomic mass is 79.9. The molecule has 2 aromatic heterocycles. The van der Waals surface area contributed by atoms with Crippen LogP contribution in [0.5, 0.6) is 11.5 Å². The van der Waals surface area contributed by atoms with Crippen molar-refractivity contribution in [3.63, 3.8) is 0 Å². The van der Waals surface area contributed by atoms with Crippen LogP contribution in [0.3, 0.4) is 0 Å². The summed E-state index contributed by atoms with van der Waals surface area (Å²) in [5.74, 6) is 2.25. The number of imidazole rings is 1. The number of methoxy groups -OCH3 is 2. The van der Waals surface area contributed by atoms with Gasteiger partial charge in [0, 0.05) is 10.7 Å². The number of hydrogen-bond acceptors (Lipinski definition) is 3. The van der Waals surface area contributed by atoms with Gasteiger partial charge in [0.05, 0.1) is 25.9 Å². The molecule has 0 amide bonds. The van der Waals surface area contributed by atoms with E-state index in [-0.39, 0.29) is 0 Å². The monoisotopic (exact) mass is 332 g/mol. The van der Waals surface area contributed by atoms with Crippen molar-refractivity contribution in [1.29, 1.82) is 0 Å². The molecule has 3 aromatic rings. The number of nitrogens with zero attached hydrogens (tertiary/aromatic N) is 2. The normalized spacial score (nSPS) is 10.8. The van der Waals surface area contributed by atoms with Crippen LogP contribution >= 0.6 is 15.9 Å². The van der Waals surface area contributed by atoms with Crippen LogP contribution in [0.15, 0.2) is 47.2 Å². The van der Waals surface area contributed by atoms with E-state index in [4.69, 9.17) is 9.47 Å². The standard InChI is InChI=1S/C15H13BrN2O2/c1-19-12-4-3-5-13(20-2)14(12)15-17-8-11-7-6-10(16)9-18(11)15/h3-9H,1-2H3. The van der Waals surface area contributed by atoms with Gasteiger partial charge in [-0.1, -0.05) is 6.07 Å². The van der Waals surface area contributed by atoms with Crippen molar-refractivity contribution in [1.82, 2.24) is 9.38 Å². The minimum absolute atomic E-state index is 0.733. The van der Waals surface area contributed by atoms with Gasteiger partial charge in [-0.05, 0) is 40.2 Å². The van der Waals surface area contributed by atoms with E-state index in [1.807, 2.05) is 47.1 Å². The molecular weight excluding hydrogens is 320 g/mol. The quantitative estimate of drug-likeness (QED) is 0.732. The Morgan fingerprint density at radius 3 is 2.40 bits per heavy atom. The lowest BCUT2D eigenvalue weighted by atomic mass is 10.1. The predicted molar refractivity (Wildman–Crippen MR) is 81.4 cm³/mol. The largest absolute Gasteiger partial charge is 0.496 e. The van der Waals surface area contributed by atoms with Crippen LogP contribution in [0.4, 0.5) is 0 Å². The molecule has 0 saturated carbocycles. The maximum absolute atomic E-state index is 5.45. The fraction of sp³-hybridized carbons (Fsp3) is 0.133. The molecule has 102 valence electrons. The van der Waals surface area contributed by atoms with Crippen LogP contribution in [0, 0.1) is 0 Å². The molecule has 5 heteroatoms. The van der Waals surface area contributed by atoms with Crippen molar-refractivity contribution in [2.75, 3.05) is 14.2 Å². The summed E-state index contributed by atoms with van der Waals surface area (Å²) >= 11 is 3.48.